The van der Waals surface area contributed by atoms with E-state index in [4.69, 9.17) is 5.73 Å². The average Bonchev–Trinajstić information content (AvgIpc) is 2.51. The van der Waals surface area contributed by atoms with Crippen LogP contribution in [0.1, 0.15) is 38.3 Å². The summed E-state index contributed by atoms with van der Waals surface area (Å²) in [7, 11) is 0. The molecule has 0 bridgehead atoms. The van der Waals surface area contributed by atoms with Gasteiger partial charge in [0.05, 0.1) is 0 Å². The topological polar surface area (TPSA) is 32.5 Å². The highest BCUT2D eigenvalue weighted by molar-refractivity contribution is 9.10. The molecule has 1 saturated heterocycles. The zero-order valence-electron chi connectivity index (χ0n) is 13.3. The van der Waals surface area contributed by atoms with Gasteiger partial charge >= 0.3 is 0 Å². The van der Waals surface area contributed by atoms with E-state index in [1.165, 1.54) is 18.5 Å². The van der Waals surface area contributed by atoms with E-state index >= 15 is 0 Å². The number of nitrogens with zero attached hydrogens (tertiary/aromatic N) is 2. The molecule has 2 rings (SSSR count). The molecule has 0 spiro atoms. The Balaban J connectivity index is 2.09. The molecule has 0 radical (unpaired) electrons. The van der Waals surface area contributed by atoms with E-state index in [2.05, 4.69) is 63.8 Å². The molecule has 2 atom stereocenters. The number of hydrogen-bond acceptors (Lipinski definition) is 3. The smallest absolute Gasteiger partial charge is 0.0500 e. The second-order valence-corrected chi connectivity index (χ2v) is 6.86. The van der Waals surface area contributed by atoms with Crippen LogP contribution in [0, 0.1) is 0 Å². The van der Waals surface area contributed by atoms with Gasteiger partial charge in [-0.25, -0.2) is 0 Å². The van der Waals surface area contributed by atoms with Crippen LogP contribution in [-0.4, -0.2) is 48.6 Å². The van der Waals surface area contributed by atoms with Gasteiger partial charge in [-0.15, -0.1) is 0 Å². The standard InChI is InChI=1S/C17H28BrN3/c1-3-9-20-10-12-21(13-11-20)17(16(19)4-2)14-5-7-15(18)8-6-14/h5-8,16-17H,3-4,9-13,19H2,1-2H3. The Morgan fingerprint density at radius 3 is 2.24 bits per heavy atom. The van der Waals surface area contributed by atoms with Crippen molar-refractivity contribution in [1.82, 2.24) is 9.80 Å². The predicted molar refractivity (Wildman–Crippen MR) is 93.5 cm³/mol. The largest absolute Gasteiger partial charge is 0.326 e. The molecule has 1 aliphatic rings. The summed E-state index contributed by atoms with van der Waals surface area (Å²) in [5.41, 5.74) is 7.79. The quantitative estimate of drug-likeness (QED) is 0.851. The summed E-state index contributed by atoms with van der Waals surface area (Å²) in [6.45, 7) is 10.2. The fraction of sp³-hybridized carbons (Fsp3) is 0.647. The summed E-state index contributed by atoms with van der Waals surface area (Å²) >= 11 is 3.52. The molecule has 21 heavy (non-hydrogen) atoms. The highest BCUT2D eigenvalue weighted by Crippen LogP contribution is 2.27. The molecule has 4 heteroatoms. The lowest BCUT2D eigenvalue weighted by molar-refractivity contribution is 0.0836. The minimum Gasteiger partial charge on any atom is -0.326 e. The molecular formula is C17H28BrN3. The molecule has 1 aliphatic heterocycles. The first-order chi connectivity index (χ1) is 10.2. The summed E-state index contributed by atoms with van der Waals surface area (Å²) in [5, 5.41) is 0. The zero-order chi connectivity index (χ0) is 15.2. The first-order valence-corrected chi connectivity index (χ1v) is 8.92. The van der Waals surface area contributed by atoms with Crippen LogP contribution in [0.4, 0.5) is 0 Å². The molecule has 0 aromatic heterocycles. The Kier molecular flexibility index (Phi) is 6.68. The van der Waals surface area contributed by atoms with Crippen molar-refractivity contribution in [3.8, 4) is 0 Å². The van der Waals surface area contributed by atoms with E-state index in [0.29, 0.717) is 6.04 Å². The molecule has 2 N–H and O–H groups in total. The maximum atomic E-state index is 6.44. The summed E-state index contributed by atoms with van der Waals surface area (Å²) < 4.78 is 1.13. The van der Waals surface area contributed by atoms with E-state index < -0.39 is 0 Å². The summed E-state index contributed by atoms with van der Waals surface area (Å²) in [6.07, 6.45) is 2.25. The summed E-state index contributed by atoms with van der Waals surface area (Å²) in [6, 6.07) is 9.21. The van der Waals surface area contributed by atoms with Crippen molar-refractivity contribution >= 4 is 15.9 Å². The van der Waals surface area contributed by atoms with Crippen LogP contribution in [0.5, 0.6) is 0 Å². The fourth-order valence-corrected chi connectivity index (χ4v) is 3.46. The minimum atomic E-state index is 0.198. The van der Waals surface area contributed by atoms with Crippen LogP contribution < -0.4 is 5.73 Å². The number of piperazine rings is 1. The Morgan fingerprint density at radius 1 is 1.10 bits per heavy atom. The van der Waals surface area contributed by atoms with Gasteiger partial charge in [-0.2, -0.15) is 0 Å². The second kappa shape index (κ2) is 8.28. The van der Waals surface area contributed by atoms with Crippen LogP contribution >= 0.6 is 15.9 Å². The van der Waals surface area contributed by atoms with Crippen molar-refractivity contribution in [1.29, 1.82) is 0 Å². The lowest BCUT2D eigenvalue weighted by atomic mass is 9.95. The van der Waals surface area contributed by atoms with Crippen molar-refractivity contribution < 1.29 is 0 Å². The molecular weight excluding hydrogens is 326 g/mol. The summed E-state index contributed by atoms with van der Waals surface area (Å²) in [4.78, 5) is 5.14. The molecule has 0 saturated carbocycles. The molecule has 1 heterocycles. The highest BCUT2D eigenvalue weighted by atomic mass is 79.9. The third-order valence-corrected chi connectivity index (χ3v) is 4.96. The van der Waals surface area contributed by atoms with Crippen LogP contribution in [0.3, 0.4) is 0 Å². The fourth-order valence-electron chi connectivity index (χ4n) is 3.19. The van der Waals surface area contributed by atoms with Crippen LogP contribution in [0.2, 0.25) is 0 Å². The van der Waals surface area contributed by atoms with Gasteiger partial charge in [0.15, 0.2) is 0 Å². The molecule has 0 aliphatic carbocycles. The van der Waals surface area contributed by atoms with Crippen LogP contribution in [0.15, 0.2) is 28.7 Å². The second-order valence-electron chi connectivity index (χ2n) is 5.95. The third kappa shape index (κ3) is 4.52. The Bertz CT molecular complexity index is 413. The Hall–Kier alpha value is -0.420. The molecule has 1 aromatic rings. The number of halogens is 1. The highest BCUT2D eigenvalue weighted by Gasteiger charge is 2.28. The van der Waals surface area contributed by atoms with Crippen molar-refractivity contribution in [2.45, 2.75) is 38.8 Å². The number of benzene rings is 1. The molecule has 3 nitrogen and oxygen atoms in total. The molecule has 0 amide bonds. The van der Waals surface area contributed by atoms with Gasteiger partial charge in [-0.05, 0) is 37.1 Å². The molecule has 118 valence electrons. The van der Waals surface area contributed by atoms with Crippen molar-refractivity contribution in [2.24, 2.45) is 5.73 Å². The molecule has 1 fully saturated rings. The molecule has 2 unspecified atom stereocenters. The van der Waals surface area contributed by atoms with Gasteiger partial charge in [-0.3, -0.25) is 4.90 Å². The monoisotopic (exact) mass is 353 g/mol. The zero-order valence-corrected chi connectivity index (χ0v) is 14.8. The van der Waals surface area contributed by atoms with Gasteiger partial charge in [0.25, 0.3) is 0 Å². The number of rotatable bonds is 6. The van der Waals surface area contributed by atoms with Gasteiger partial charge in [0.1, 0.15) is 0 Å². The average molecular weight is 354 g/mol. The lowest BCUT2D eigenvalue weighted by Crippen LogP contribution is -2.51. The van der Waals surface area contributed by atoms with E-state index in [0.717, 1.165) is 37.1 Å². The maximum Gasteiger partial charge on any atom is 0.0500 e. The first kappa shape index (κ1) is 16.9. The van der Waals surface area contributed by atoms with Gasteiger partial charge in [-0.1, -0.05) is 41.9 Å². The van der Waals surface area contributed by atoms with E-state index in [9.17, 15) is 0 Å². The SMILES string of the molecule is CCCN1CCN(C(c2ccc(Br)cc2)C(N)CC)CC1. The van der Waals surface area contributed by atoms with Crippen molar-refractivity contribution in [3.05, 3.63) is 34.3 Å². The minimum absolute atomic E-state index is 0.198. The predicted octanol–water partition coefficient (Wildman–Crippen LogP) is 3.26. The first-order valence-electron chi connectivity index (χ1n) is 8.13. The number of hydrogen-bond donors (Lipinski definition) is 1. The Morgan fingerprint density at radius 2 is 1.71 bits per heavy atom. The van der Waals surface area contributed by atoms with E-state index in [1.54, 1.807) is 0 Å². The van der Waals surface area contributed by atoms with E-state index in [-0.39, 0.29) is 6.04 Å². The Labute approximate surface area is 137 Å². The normalized spacial score (nSPS) is 20.4. The van der Waals surface area contributed by atoms with Crippen LogP contribution in [-0.2, 0) is 0 Å². The van der Waals surface area contributed by atoms with Crippen molar-refractivity contribution in [2.75, 3.05) is 32.7 Å². The number of nitrogens with two attached hydrogens (primary N) is 1. The summed E-state index contributed by atoms with van der Waals surface area (Å²) in [5.74, 6) is 0. The van der Waals surface area contributed by atoms with E-state index in [1.807, 2.05) is 0 Å². The third-order valence-electron chi connectivity index (χ3n) is 4.43. The van der Waals surface area contributed by atoms with Gasteiger partial charge < -0.3 is 10.6 Å². The van der Waals surface area contributed by atoms with Crippen LogP contribution in [0.25, 0.3) is 0 Å². The lowest BCUT2D eigenvalue weighted by Gasteiger charge is -2.41. The van der Waals surface area contributed by atoms with Gasteiger partial charge in [0, 0.05) is 42.7 Å². The maximum absolute atomic E-state index is 6.44. The van der Waals surface area contributed by atoms with Crippen molar-refractivity contribution in [3.63, 3.8) is 0 Å². The van der Waals surface area contributed by atoms with Gasteiger partial charge in [0.2, 0.25) is 0 Å². The molecule has 1 aromatic carbocycles.